The molecule has 0 aliphatic heterocycles. The van der Waals surface area contributed by atoms with Crippen LogP contribution in [0.15, 0.2) is 29.3 Å². The van der Waals surface area contributed by atoms with Gasteiger partial charge in [-0.3, -0.25) is 4.99 Å². The van der Waals surface area contributed by atoms with E-state index >= 15 is 0 Å². The first-order valence-corrected chi connectivity index (χ1v) is 9.08. The van der Waals surface area contributed by atoms with E-state index in [-0.39, 0.29) is 35.2 Å². The van der Waals surface area contributed by atoms with E-state index in [0.717, 1.165) is 50.0 Å². The summed E-state index contributed by atoms with van der Waals surface area (Å²) < 4.78 is 19.7. The molecule has 1 aromatic carbocycles. The molecule has 0 radical (unpaired) electrons. The monoisotopic (exact) mass is 461 g/mol. The predicted octanol–water partition coefficient (Wildman–Crippen LogP) is 3.46. The van der Waals surface area contributed by atoms with Gasteiger partial charge < -0.3 is 15.4 Å². The van der Waals surface area contributed by atoms with Crippen molar-refractivity contribution in [1.29, 1.82) is 0 Å². The Balaban J connectivity index is 0.00000225. The lowest BCUT2D eigenvalue weighted by Crippen LogP contribution is -2.39. The van der Waals surface area contributed by atoms with Crippen LogP contribution in [0.5, 0.6) is 0 Å². The Bertz CT molecular complexity index is 574. The van der Waals surface area contributed by atoms with Crippen LogP contribution in [0, 0.1) is 11.7 Å². The van der Waals surface area contributed by atoms with Crippen molar-refractivity contribution in [3.8, 4) is 0 Å². The van der Waals surface area contributed by atoms with Gasteiger partial charge in [0.25, 0.3) is 0 Å². The molecule has 2 aliphatic rings. The van der Waals surface area contributed by atoms with Crippen molar-refractivity contribution in [2.75, 3.05) is 32.8 Å². The molecule has 4 nitrogen and oxygen atoms in total. The van der Waals surface area contributed by atoms with E-state index in [1.165, 1.54) is 12.8 Å². The van der Waals surface area contributed by atoms with Gasteiger partial charge in [-0.2, -0.15) is 0 Å². The topological polar surface area (TPSA) is 45.7 Å². The zero-order valence-electron chi connectivity index (χ0n) is 14.9. The number of nitrogens with one attached hydrogen (secondary N) is 2. The molecular weight excluding hydrogens is 432 g/mol. The zero-order valence-corrected chi connectivity index (χ0v) is 17.2. The summed E-state index contributed by atoms with van der Waals surface area (Å²) in [4.78, 5) is 4.68. The molecule has 140 valence electrons. The van der Waals surface area contributed by atoms with Gasteiger partial charge in [0.2, 0.25) is 0 Å². The van der Waals surface area contributed by atoms with Gasteiger partial charge in [0.05, 0.1) is 13.2 Å². The minimum atomic E-state index is -0.115. The van der Waals surface area contributed by atoms with Gasteiger partial charge in [0.1, 0.15) is 5.82 Å². The minimum absolute atomic E-state index is 0. The second kappa shape index (κ2) is 9.71. The minimum Gasteiger partial charge on any atom is -0.379 e. The summed E-state index contributed by atoms with van der Waals surface area (Å²) >= 11 is 0. The van der Waals surface area contributed by atoms with Crippen LogP contribution in [-0.4, -0.2) is 38.8 Å². The van der Waals surface area contributed by atoms with Crippen LogP contribution in [0.2, 0.25) is 0 Å². The number of halogens is 2. The Hall–Kier alpha value is -0.890. The number of aliphatic imine (C=N–C) groups is 1. The van der Waals surface area contributed by atoms with Gasteiger partial charge >= 0.3 is 0 Å². The molecule has 0 bridgehead atoms. The van der Waals surface area contributed by atoms with Crippen molar-refractivity contribution in [3.05, 3.63) is 35.6 Å². The molecule has 1 aromatic rings. The quantitative estimate of drug-likeness (QED) is 0.256. The maximum Gasteiger partial charge on any atom is 0.191 e. The van der Waals surface area contributed by atoms with Crippen molar-refractivity contribution in [1.82, 2.24) is 10.6 Å². The average Bonchev–Trinajstić information content (AvgIpc) is 3.48. The maximum atomic E-state index is 14.1. The third kappa shape index (κ3) is 6.09. The lowest BCUT2D eigenvalue weighted by Gasteiger charge is -2.16. The molecule has 0 unspecified atom stereocenters. The van der Waals surface area contributed by atoms with Crippen LogP contribution in [0.25, 0.3) is 0 Å². The van der Waals surface area contributed by atoms with Gasteiger partial charge in [-0.1, -0.05) is 18.2 Å². The number of ether oxygens (including phenoxy) is 1. The largest absolute Gasteiger partial charge is 0.379 e. The number of hydrogen-bond donors (Lipinski definition) is 2. The van der Waals surface area contributed by atoms with Gasteiger partial charge in [-0.05, 0) is 50.2 Å². The molecule has 25 heavy (non-hydrogen) atoms. The molecular formula is C19H29FIN3O. The molecule has 0 spiro atoms. The van der Waals surface area contributed by atoms with Gasteiger partial charge in [0, 0.05) is 25.1 Å². The highest BCUT2D eigenvalue weighted by Gasteiger charge is 2.45. The second-order valence-electron chi connectivity index (χ2n) is 6.90. The summed E-state index contributed by atoms with van der Waals surface area (Å²) in [7, 11) is 0. The second-order valence-corrected chi connectivity index (χ2v) is 6.90. The third-order valence-corrected chi connectivity index (χ3v) is 4.77. The van der Waals surface area contributed by atoms with Crippen molar-refractivity contribution in [3.63, 3.8) is 0 Å². The van der Waals surface area contributed by atoms with Crippen LogP contribution in [-0.2, 0) is 10.2 Å². The maximum absolute atomic E-state index is 14.1. The lowest BCUT2D eigenvalue weighted by atomic mass is 9.95. The highest BCUT2D eigenvalue weighted by molar-refractivity contribution is 14.0. The first-order chi connectivity index (χ1) is 11.7. The van der Waals surface area contributed by atoms with Crippen molar-refractivity contribution < 1.29 is 9.13 Å². The fourth-order valence-electron chi connectivity index (χ4n) is 2.90. The number of rotatable bonds is 9. The molecule has 2 fully saturated rings. The van der Waals surface area contributed by atoms with E-state index in [2.05, 4.69) is 15.6 Å². The first-order valence-electron chi connectivity index (χ1n) is 9.08. The van der Waals surface area contributed by atoms with Crippen LogP contribution < -0.4 is 10.6 Å². The molecule has 0 amide bonds. The Morgan fingerprint density at radius 1 is 1.28 bits per heavy atom. The van der Waals surface area contributed by atoms with E-state index in [1.54, 1.807) is 12.1 Å². The van der Waals surface area contributed by atoms with Gasteiger partial charge in [-0.15, -0.1) is 24.0 Å². The highest BCUT2D eigenvalue weighted by Crippen LogP contribution is 2.49. The molecule has 0 saturated heterocycles. The predicted molar refractivity (Wildman–Crippen MR) is 110 cm³/mol. The van der Waals surface area contributed by atoms with Crippen LogP contribution in [0.1, 0.15) is 38.2 Å². The number of benzene rings is 1. The van der Waals surface area contributed by atoms with E-state index in [9.17, 15) is 4.39 Å². The molecule has 3 rings (SSSR count). The number of nitrogens with zero attached hydrogens (tertiary/aromatic N) is 1. The summed E-state index contributed by atoms with van der Waals surface area (Å²) in [5.74, 6) is 1.47. The van der Waals surface area contributed by atoms with E-state index < -0.39 is 0 Å². The molecule has 6 heteroatoms. The molecule has 2 saturated carbocycles. The fraction of sp³-hybridized carbons (Fsp3) is 0.632. The fourth-order valence-corrected chi connectivity index (χ4v) is 2.90. The summed E-state index contributed by atoms with van der Waals surface area (Å²) in [5, 5.41) is 6.55. The standard InChI is InChI=1S/C19H28FN3O.HI/c1-2-21-18(22-11-12-24-13-15-7-8-15)23-14-19(9-10-19)16-5-3-4-6-17(16)20;/h3-6,15H,2,7-14H2,1H3,(H2,21,22,23);1H. The van der Waals surface area contributed by atoms with Crippen molar-refractivity contribution in [2.24, 2.45) is 10.9 Å². The van der Waals surface area contributed by atoms with Crippen molar-refractivity contribution >= 4 is 29.9 Å². The Kier molecular flexibility index (Phi) is 7.93. The molecule has 0 heterocycles. The molecule has 0 aromatic heterocycles. The van der Waals surface area contributed by atoms with E-state index in [4.69, 9.17) is 4.74 Å². The van der Waals surface area contributed by atoms with Crippen molar-refractivity contribution in [2.45, 2.75) is 38.0 Å². The molecule has 0 atom stereocenters. The van der Waals surface area contributed by atoms with Crippen LogP contribution >= 0.6 is 24.0 Å². The first kappa shape index (κ1) is 20.4. The average molecular weight is 461 g/mol. The van der Waals surface area contributed by atoms with Crippen LogP contribution in [0.3, 0.4) is 0 Å². The molecule has 2 aliphatic carbocycles. The Labute approximate surface area is 167 Å². The lowest BCUT2D eigenvalue weighted by molar-refractivity contribution is 0.129. The summed E-state index contributed by atoms with van der Waals surface area (Å²) in [6.07, 6.45) is 4.63. The summed E-state index contributed by atoms with van der Waals surface area (Å²) in [6, 6.07) is 7.08. The SMILES string of the molecule is CCNC(=NCC1(c2ccccc2F)CC1)NCCOCC1CC1.I. The van der Waals surface area contributed by atoms with Gasteiger partial charge in [-0.25, -0.2) is 4.39 Å². The Morgan fingerprint density at radius 3 is 2.68 bits per heavy atom. The normalized spacial score (nSPS) is 18.4. The van der Waals surface area contributed by atoms with Crippen LogP contribution in [0.4, 0.5) is 4.39 Å². The van der Waals surface area contributed by atoms with E-state index in [0.29, 0.717) is 13.2 Å². The zero-order chi connectivity index (χ0) is 16.8. The number of hydrogen-bond acceptors (Lipinski definition) is 2. The highest BCUT2D eigenvalue weighted by atomic mass is 127. The third-order valence-electron chi connectivity index (χ3n) is 4.77. The smallest absolute Gasteiger partial charge is 0.191 e. The molecule has 2 N–H and O–H groups in total. The Morgan fingerprint density at radius 2 is 2.04 bits per heavy atom. The number of guanidine groups is 1. The summed E-state index contributed by atoms with van der Waals surface area (Å²) in [5.41, 5.74) is 0.688. The van der Waals surface area contributed by atoms with E-state index in [1.807, 2.05) is 19.1 Å². The summed E-state index contributed by atoms with van der Waals surface area (Å²) in [6.45, 7) is 5.79. The van der Waals surface area contributed by atoms with Gasteiger partial charge in [0.15, 0.2) is 5.96 Å².